The first-order valence-electron chi connectivity index (χ1n) is 8.31. The second-order valence-corrected chi connectivity index (χ2v) is 6.39. The number of carbonyl (C=O) groups is 1. The second kappa shape index (κ2) is 8.10. The highest BCUT2D eigenvalue weighted by atomic mass is 35.5. The maximum absolute atomic E-state index is 13.3. The summed E-state index contributed by atoms with van der Waals surface area (Å²) in [5, 5.41) is 8.54. The van der Waals surface area contributed by atoms with Crippen LogP contribution in [-0.2, 0) is 0 Å². The van der Waals surface area contributed by atoms with Crippen LogP contribution in [0, 0.1) is 5.82 Å². The molecule has 3 aromatic rings. The van der Waals surface area contributed by atoms with Crippen molar-refractivity contribution in [3.8, 4) is 11.3 Å². The number of nitrogens with one attached hydrogen (secondary N) is 4. The van der Waals surface area contributed by atoms with Crippen LogP contribution in [0.3, 0.4) is 0 Å². The molecule has 3 rings (SSSR count). The zero-order valence-corrected chi connectivity index (χ0v) is 16.0. The third kappa shape index (κ3) is 4.47. The van der Waals surface area contributed by atoms with Crippen LogP contribution in [0.5, 0.6) is 0 Å². The highest BCUT2D eigenvalue weighted by Gasteiger charge is 2.13. The van der Waals surface area contributed by atoms with Gasteiger partial charge in [-0.25, -0.2) is 4.39 Å². The van der Waals surface area contributed by atoms with Crippen molar-refractivity contribution in [2.75, 3.05) is 23.0 Å². The van der Waals surface area contributed by atoms with Crippen LogP contribution in [0.25, 0.3) is 11.3 Å². The summed E-state index contributed by atoms with van der Waals surface area (Å²) in [5.74, 6) is 0.263. The number of anilines is 3. The zero-order valence-electron chi connectivity index (χ0n) is 15.2. The maximum atomic E-state index is 13.3. The van der Waals surface area contributed by atoms with Gasteiger partial charge in [-0.05, 0) is 42.8 Å². The average Bonchev–Trinajstić information content (AvgIpc) is 3.13. The molecule has 0 unspecified atom stereocenters. The molecular weight excluding hydrogens is 383 g/mol. The predicted molar refractivity (Wildman–Crippen MR) is 109 cm³/mol. The van der Waals surface area contributed by atoms with E-state index in [4.69, 9.17) is 11.6 Å². The van der Waals surface area contributed by atoms with Crippen LogP contribution in [0.4, 0.5) is 22.0 Å². The van der Waals surface area contributed by atoms with E-state index in [1.54, 1.807) is 38.2 Å². The molecule has 0 fully saturated rings. The molecule has 0 aliphatic carbocycles. The lowest BCUT2D eigenvalue weighted by Gasteiger charge is -2.09. The number of nitrogens with zero attached hydrogens (tertiary/aromatic N) is 2. The van der Waals surface area contributed by atoms with Crippen LogP contribution in [0.1, 0.15) is 17.4 Å². The van der Waals surface area contributed by atoms with Gasteiger partial charge in [-0.3, -0.25) is 4.79 Å². The lowest BCUT2D eigenvalue weighted by atomic mass is 10.1. The third-order valence-electron chi connectivity index (χ3n) is 3.71. The molecule has 0 aliphatic heterocycles. The Bertz CT molecular complexity index is 1050. The van der Waals surface area contributed by atoms with Crippen molar-refractivity contribution in [2.24, 2.45) is 0 Å². The largest absolute Gasteiger partial charge is 0.373 e. The standard InChI is InChI=1S/C19H18ClFN6O/c1-10(2)23-19-26-16(22-3)9-17(27-19)25-18(28)15-7-6-14(24-15)11-4-5-13(21)12(20)8-11/h4-9,24H,1H2,2-3H3,(H3,22,23,25,26,27,28). The van der Waals surface area contributed by atoms with Crippen molar-refractivity contribution >= 4 is 35.1 Å². The Balaban J connectivity index is 1.81. The Morgan fingerprint density at radius 1 is 1.14 bits per heavy atom. The van der Waals surface area contributed by atoms with Gasteiger partial charge in [-0.1, -0.05) is 18.2 Å². The molecule has 2 aromatic heterocycles. The molecule has 0 radical (unpaired) electrons. The Kier molecular flexibility index (Phi) is 5.60. The molecule has 0 spiro atoms. The zero-order chi connectivity index (χ0) is 20.3. The monoisotopic (exact) mass is 400 g/mol. The second-order valence-electron chi connectivity index (χ2n) is 5.99. The first-order valence-corrected chi connectivity index (χ1v) is 8.68. The molecule has 144 valence electrons. The van der Waals surface area contributed by atoms with Gasteiger partial charge >= 0.3 is 0 Å². The van der Waals surface area contributed by atoms with Gasteiger partial charge in [-0.2, -0.15) is 9.97 Å². The lowest BCUT2D eigenvalue weighted by molar-refractivity contribution is 0.102. The van der Waals surface area contributed by atoms with Gasteiger partial charge in [0, 0.05) is 24.5 Å². The predicted octanol–water partition coefficient (Wildman–Crippen LogP) is 4.50. The molecule has 9 heteroatoms. The van der Waals surface area contributed by atoms with Gasteiger partial charge in [0.1, 0.15) is 23.1 Å². The fraction of sp³-hybridized carbons (Fsp3) is 0.105. The van der Waals surface area contributed by atoms with E-state index in [2.05, 4.69) is 37.5 Å². The molecule has 1 amide bonds. The van der Waals surface area contributed by atoms with E-state index in [-0.39, 0.29) is 10.9 Å². The van der Waals surface area contributed by atoms with Crippen LogP contribution >= 0.6 is 11.6 Å². The normalized spacial score (nSPS) is 10.4. The number of hydrogen-bond donors (Lipinski definition) is 4. The van der Waals surface area contributed by atoms with Crippen molar-refractivity contribution in [3.05, 3.63) is 65.2 Å². The van der Waals surface area contributed by atoms with E-state index < -0.39 is 5.82 Å². The van der Waals surface area contributed by atoms with Crippen molar-refractivity contribution in [3.63, 3.8) is 0 Å². The molecule has 1 aromatic carbocycles. The van der Waals surface area contributed by atoms with Gasteiger partial charge in [0.25, 0.3) is 5.91 Å². The number of rotatable bonds is 6. The SMILES string of the molecule is C=C(C)Nc1nc(NC)cc(NC(=O)c2ccc(-c3ccc(F)c(Cl)c3)[nH]2)n1. The number of H-pyrrole nitrogens is 1. The number of aromatic amines is 1. The lowest BCUT2D eigenvalue weighted by Crippen LogP contribution is -2.15. The molecule has 4 N–H and O–H groups in total. The number of benzene rings is 1. The average molecular weight is 401 g/mol. The first-order chi connectivity index (χ1) is 13.4. The third-order valence-corrected chi connectivity index (χ3v) is 4.00. The van der Waals surface area contributed by atoms with Crippen LogP contribution < -0.4 is 16.0 Å². The van der Waals surface area contributed by atoms with Crippen molar-refractivity contribution in [1.82, 2.24) is 15.0 Å². The summed E-state index contributed by atoms with van der Waals surface area (Å²) >= 11 is 5.82. The molecule has 0 bridgehead atoms. The minimum absolute atomic E-state index is 0.0104. The van der Waals surface area contributed by atoms with Gasteiger partial charge in [0.05, 0.1) is 5.02 Å². The summed E-state index contributed by atoms with van der Waals surface area (Å²) in [6.07, 6.45) is 0. The molecule has 0 saturated heterocycles. The molecule has 28 heavy (non-hydrogen) atoms. The number of amides is 1. The quantitative estimate of drug-likeness (QED) is 0.488. The van der Waals surface area contributed by atoms with Crippen molar-refractivity contribution in [1.29, 1.82) is 0 Å². The Hall–Kier alpha value is -3.39. The maximum Gasteiger partial charge on any atom is 0.273 e. The Morgan fingerprint density at radius 2 is 1.89 bits per heavy atom. The minimum atomic E-state index is -0.502. The van der Waals surface area contributed by atoms with Crippen LogP contribution in [0.2, 0.25) is 5.02 Å². The number of halogens is 2. The number of carbonyl (C=O) groups excluding carboxylic acids is 1. The minimum Gasteiger partial charge on any atom is -0.373 e. The number of hydrogen-bond acceptors (Lipinski definition) is 5. The van der Waals surface area contributed by atoms with Crippen molar-refractivity contribution < 1.29 is 9.18 Å². The fourth-order valence-electron chi connectivity index (χ4n) is 2.43. The highest BCUT2D eigenvalue weighted by molar-refractivity contribution is 6.31. The highest BCUT2D eigenvalue weighted by Crippen LogP contribution is 2.24. The number of allylic oxidation sites excluding steroid dienone is 1. The van der Waals surface area contributed by atoms with E-state index in [1.165, 1.54) is 12.1 Å². The van der Waals surface area contributed by atoms with E-state index in [0.29, 0.717) is 40.2 Å². The van der Waals surface area contributed by atoms with Gasteiger partial charge in [0.15, 0.2) is 0 Å². The molecule has 2 heterocycles. The summed E-state index contributed by atoms with van der Waals surface area (Å²) in [5.41, 5.74) is 2.28. The van der Waals surface area contributed by atoms with Gasteiger partial charge in [0.2, 0.25) is 5.95 Å². The number of aromatic nitrogens is 3. The Labute approximate surface area is 166 Å². The smallest absolute Gasteiger partial charge is 0.273 e. The molecule has 0 saturated carbocycles. The summed E-state index contributed by atoms with van der Waals surface area (Å²) in [6, 6.07) is 9.28. The van der Waals surface area contributed by atoms with Crippen LogP contribution in [0.15, 0.2) is 48.7 Å². The van der Waals surface area contributed by atoms with E-state index in [0.717, 1.165) is 0 Å². The topological polar surface area (TPSA) is 94.7 Å². The van der Waals surface area contributed by atoms with Gasteiger partial charge < -0.3 is 20.9 Å². The Morgan fingerprint density at radius 3 is 2.57 bits per heavy atom. The van der Waals surface area contributed by atoms with E-state index in [9.17, 15) is 9.18 Å². The summed E-state index contributed by atoms with van der Waals surface area (Å²) in [4.78, 5) is 24.0. The molecule has 0 aliphatic rings. The fourth-order valence-corrected chi connectivity index (χ4v) is 2.61. The van der Waals surface area contributed by atoms with Gasteiger partial charge in [-0.15, -0.1) is 0 Å². The molecule has 0 atom stereocenters. The first kappa shape index (κ1) is 19.4. The molecular formula is C19H18ClFN6O. The summed E-state index contributed by atoms with van der Waals surface area (Å²) in [6.45, 7) is 5.52. The summed E-state index contributed by atoms with van der Waals surface area (Å²) in [7, 11) is 1.71. The van der Waals surface area contributed by atoms with Crippen LogP contribution in [-0.4, -0.2) is 27.9 Å². The summed E-state index contributed by atoms with van der Waals surface area (Å²) < 4.78 is 13.3. The molecule has 7 nitrogen and oxygen atoms in total. The van der Waals surface area contributed by atoms with E-state index >= 15 is 0 Å². The van der Waals surface area contributed by atoms with Crippen molar-refractivity contribution in [2.45, 2.75) is 6.92 Å². The van der Waals surface area contributed by atoms with E-state index in [1.807, 2.05) is 0 Å².